The van der Waals surface area contributed by atoms with Crippen molar-refractivity contribution in [3.63, 3.8) is 0 Å². The van der Waals surface area contributed by atoms with E-state index in [0.29, 0.717) is 0 Å². The fraction of sp³-hybridized carbons (Fsp3) is 0.750. The van der Waals surface area contributed by atoms with Gasteiger partial charge in [0.2, 0.25) is 0 Å². The molecule has 0 aliphatic heterocycles. The Balaban J connectivity index is 0. The summed E-state index contributed by atoms with van der Waals surface area (Å²) in [5.41, 5.74) is 4.91. The smallest absolute Gasteiger partial charge is 0.323 e. The van der Waals surface area contributed by atoms with Gasteiger partial charge >= 0.3 is 29.0 Å². The number of carboxylic acid groups (broad SMARTS) is 1. The Morgan fingerprint density at radius 3 is 2.00 bits per heavy atom. The minimum absolute atomic E-state index is 0. The van der Waals surface area contributed by atoms with Crippen LogP contribution in [-0.2, 0) is 4.79 Å². The lowest BCUT2D eigenvalue weighted by Crippen LogP contribution is -2.39. The van der Waals surface area contributed by atoms with E-state index in [2.05, 4.69) is 0 Å². The average Bonchev–Trinajstić information content (AvgIpc) is 1.64. The van der Waals surface area contributed by atoms with E-state index in [1.54, 1.807) is 0 Å². The largest absolute Gasteiger partial charge is 0.480 e. The highest BCUT2D eigenvalue weighted by Crippen LogP contribution is 1.85. The van der Waals surface area contributed by atoms with Crippen LogP contribution in [0.2, 0.25) is 0 Å². The van der Waals surface area contributed by atoms with E-state index < -0.39 is 18.1 Å². The van der Waals surface area contributed by atoms with E-state index in [1.807, 2.05) is 0 Å². The molecule has 4 nitrogen and oxygen atoms in total. The summed E-state index contributed by atoms with van der Waals surface area (Å²) in [6.45, 7) is 1.33. The van der Waals surface area contributed by atoms with Gasteiger partial charge in [0.1, 0.15) is 6.04 Å². The summed E-state index contributed by atoms with van der Waals surface area (Å²) >= 11 is 0. The third-order valence-electron chi connectivity index (χ3n) is 0.805. The molecule has 0 bridgehead atoms. The molecule has 0 spiro atoms. The molecule has 0 aliphatic rings. The van der Waals surface area contributed by atoms with Crippen molar-refractivity contribution in [1.82, 2.24) is 0 Å². The van der Waals surface area contributed by atoms with Gasteiger partial charge in [-0.3, -0.25) is 4.79 Å². The predicted octanol–water partition coefficient (Wildman–Crippen LogP) is -2.14. The quantitative estimate of drug-likeness (QED) is 0.387. The standard InChI is InChI=1S/C4H9NO3.Mg.2H/c1-2(6)3(5)4(7)8;;;/h2-3,6H,5H2,1H3,(H,7,8);;;. The van der Waals surface area contributed by atoms with Gasteiger partial charge in [0.15, 0.2) is 0 Å². The van der Waals surface area contributed by atoms with Crippen molar-refractivity contribution in [2.24, 2.45) is 5.73 Å². The number of hydrogen-bond donors (Lipinski definition) is 3. The molecule has 0 aliphatic carbocycles. The third-order valence-corrected chi connectivity index (χ3v) is 0.805. The van der Waals surface area contributed by atoms with Crippen LogP contribution in [0.15, 0.2) is 0 Å². The van der Waals surface area contributed by atoms with Gasteiger partial charge in [-0.2, -0.15) is 0 Å². The van der Waals surface area contributed by atoms with E-state index >= 15 is 0 Å². The van der Waals surface area contributed by atoms with Crippen molar-refractivity contribution in [2.75, 3.05) is 0 Å². The minimum atomic E-state index is -1.18. The van der Waals surface area contributed by atoms with Gasteiger partial charge in [-0.25, -0.2) is 0 Å². The average molecular weight is 145 g/mol. The molecular weight excluding hydrogens is 134 g/mol. The van der Waals surface area contributed by atoms with Gasteiger partial charge in [0, 0.05) is 0 Å². The zero-order valence-corrected chi connectivity index (χ0v) is 4.53. The van der Waals surface area contributed by atoms with E-state index in [0.717, 1.165) is 0 Å². The summed E-state index contributed by atoms with van der Waals surface area (Å²) in [5, 5.41) is 16.6. The van der Waals surface area contributed by atoms with Gasteiger partial charge in [-0.05, 0) is 6.92 Å². The van der Waals surface area contributed by atoms with Gasteiger partial charge in [-0.1, -0.05) is 0 Å². The normalized spacial score (nSPS) is 15.4. The third kappa shape index (κ3) is 4.65. The topological polar surface area (TPSA) is 83.5 Å². The Morgan fingerprint density at radius 2 is 2.00 bits per heavy atom. The molecule has 5 heteroatoms. The summed E-state index contributed by atoms with van der Waals surface area (Å²) in [4.78, 5) is 9.86. The molecule has 0 aromatic heterocycles. The molecule has 0 saturated heterocycles. The monoisotopic (exact) mass is 145 g/mol. The molecule has 0 amide bonds. The Bertz CT molecular complexity index is 95.8. The van der Waals surface area contributed by atoms with Crippen LogP contribution in [0.5, 0.6) is 0 Å². The Morgan fingerprint density at radius 1 is 1.67 bits per heavy atom. The van der Waals surface area contributed by atoms with Crippen LogP contribution in [0.1, 0.15) is 6.92 Å². The van der Waals surface area contributed by atoms with E-state index in [4.69, 9.17) is 15.9 Å². The predicted molar refractivity (Wildman–Crippen MR) is 35.8 cm³/mol. The molecular formula is C4H11MgNO3. The Labute approximate surface area is 69.2 Å². The molecule has 0 aromatic rings. The molecule has 4 N–H and O–H groups in total. The van der Waals surface area contributed by atoms with Crippen LogP contribution in [0, 0.1) is 0 Å². The lowest BCUT2D eigenvalue weighted by molar-refractivity contribution is -0.140. The molecule has 2 unspecified atom stereocenters. The van der Waals surface area contributed by atoms with Crippen molar-refractivity contribution in [2.45, 2.75) is 19.1 Å². The molecule has 52 valence electrons. The Hall–Kier alpha value is 0.156. The van der Waals surface area contributed by atoms with Crippen LogP contribution in [0.25, 0.3) is 0 Å². The summed E-state index contributed by atoms with van der Waals surface area (Å²) in [7, 11) is 0. The molecule has 2 atom stereocenters. The summed E-state index contributed by atoms with van der Waals surface area (Å²) < 4.78 is 0. The fourth-order valence-corrected chi connectivity index (χ4v) is 0.206. The van der Waals surface area contributed by atoms with Crippen molar-refractivity contribution in [1.29, 1.82) is 0 Å². The van der Waals surface area contributed by atoms with E-state index in [1.165, 1.54) is 6.92 Å². The first-order valence-electron chi connectivity index (χ1n) is 2.22. The molecule has 0 saturated carbocycles. The van der Waals surface area contributed by atoms with E-state index in [9.17, 15) is 4.79 Å². The molecule has 0 heterocycles. The van der Waals surface area contributed by atoms with Crippen LogP contribution >= 0.6 is 0 Å². The number of carbonyl (C=O) groups is 1. The number of hydrogen-bond acceptors (Lipinski definition) is 3. The first-order valence-corrected chi connectivity index (χ1v) is 2.22. The lowest BCUT2D eigenvalue weighted by atomic mass is 10.2. The molecule has 0 rings (SSSR count). The molecule has 0 fully saturated rings. The first-order chi connectivity index (χ1) is 3.55. The SMILES string of the molecule is CC(O)C(N)C(=O)O.[MgH2]. The van der Waals surface area contributed by atoms with Crippen LogP contribution in [0.3, 0.4) is 0 Å². The highest BCUT2D eigenvalue weighted by Gasteiger charge is 2.16. The number of rotatable bonds is 2. The minimum Gasteiger partial charge on any atom is -0.480 e. The summed E-state index contributed by atoms with van der Waals surface area (Å²) in [6.07, 6.45) is -0.979. The van der Waals surface area contributed by atoms with Crippen LogP contribution in [-0.4, -0.2) is 51.4 Å². The maximum atomic E-state index is 9.86. The van der Waals surface area contributed by atoms with Gasteiger partial charge in [-0.15, -0.1) is 0 Å². The van der Waals surface area contributed by atoms with Crippen molar-refractivity contribution >= 4 is 29.0 Å². The highest BCUT2D eigenvalue weighted by atomic mass is 24.3. The highest BCUT2D eigenvalue weighted by molar-refractivity contribution is 5.75. The number of nitrogens with two attached hydrogens (primary N) is 1. The lowest BCUT2D eigenvalue weighted by Gasteiger charge is -2.06. The van der Waals surface area contributed by atoms with Gasteiger partial charge in [0.25, 0.3) is 0 Å². The number of aliphatic hydroxyl groups excluding tert-OH is 1. The van der Waals surface area contributed by atoms with Crippen molar-refractivity contribution in [3.8, 4) is 0 Å². The molecule has 0 radical (unpaired) electrons. The van der Waals surface area contributed by atoms with Crippen molar-refractivity contribution < 1.29 is 15.0 Å². The van der Waals surface area contributed by atoms with E-state index in [-0.39, 0.29) is 23.1 Å². The molecule has 9 heavy (non-hydrogen) atoms. The van der Waals surface area contributed by atoms with Crippen LogP contribution in [0.4, 0.5) is 0 Å². The zero-order chi connectivity index (χ0) is 6.73. The van der Waals surface area contributed by atoms with Crippen molar-refractivity contribution in [3.05, 3.63) is 0 Å². The summed E-state index contributed by atoms with van der Waals surface area (Å²) in [6, 6.07) is -1.16. The number of aliphatic carboxylic acids is 1. The van der Waals surface area contributed by atoms with Gasteiger partial charge < -0.3 is 15.9 Å². The maximum Gasteiger partial charge on any atom is 0.323 e. The second-order valence-electron chi connectivity index (χ2n) is 1.60. The first kappa shape index (κ1) is 11.9. The maximum absolute atomic E-state index is 9.86. The summed E-state index contributed by atoms with van der Waals surface area (Å²) in [5.74, 6) is -1.18. The van der Waals surface area contributed by atoms with Crippen LogP contribution < -0.4 is 5.73 Å². The fourth-order valence-electron chi connectivity index (χ4n) is 0.206. The molecule has 0 aromatic carbocycles. The number of carboxylic acids is 1. The zero-order valence-electron chi connectivity index (χ0n) is 4.53. The Kier molecular flexibility index (Phi) is 6.58. The number of aliphatic hydroxyl groups is 1. The van der Waals surface area contributed by atoms with Gasteiger partial charge in [0.05, 0.1) is 6.10 Å². The second kappa shape index (κ2) is 4.98. The second-order valence-corrected chi connectivity index (χ2v) is 1.60.